The molecule has 0 unspecified atom stereocenters. The van der Waals surface area contributed by atoms with Gasteiger partial charge in [0.1, 0.15) is 17.5 Å². The minimum Gasteiger partial charge on any atom is -0.324 e. The lowest BCUT2D eigenvalue weighted by molar-refractivity contribution is -0.116. The highest BCUT2D eigenvalue weighted by Gasteiger charge is 2.14. The van der Waals surface area contributed by atoms with Crippen LogP contribution in [0.4, 0.5) is 14.5 Å². The summed E-state index contributed by atoms with van der Waals surface area (Å²) in [5, 5.41) is 6.67. The van der Waals surface area contributed by atoms with Gasteiger partial charge in [-0.3, -0.25) is 4.79 Å². The fourth-order valence-corrected chi connectivity index (χ4v) is 2.71. The summed E-state index contributed by atoms with van der Waals surface area (Å²) in [6, 6.07) is 2.93. The van der Waals surface area contributed by atoms with E-state index in [1.807, 2.05) is 13.8 Å². The summed E-state index contributed by atoms with van der Waals surface area (Å²) in [6.07, 6.45) is 0.515. The Hall–Kier alpha value is -2.90. The predicted molar refractivity (Wildman–Crippen MR) is 88.3 cm³/mol. The molecule has 0 fully saturated rings. The Bertz CT molecular complexity index is 967. The van der Waals surface area contributed by atoms with Crippen LogP contribution in [0.5, 0.6) is 0 Å². The Labute approximate surface area is 142 Å². The van der Waals surface area contributed by atoms with Crippen molar-refractivity contribution in [2.75, 3.05) is 5.32 Å². The molecule has 0 saturated carbocycles. The number of benzene rings is 1. The summed E-state index contributed by atoms with van der Waals surface area (Å²) in [5.74, 6) is -0.560. The van der Waals surface area contributed by atoms with Gasteiger partial charge in [-0.1, -0.05) is 0 Å². The molecule has 0 aliphatic rings. The van der Waals surface area contributed by atoms with E-state index < -0.39 is 17.5 Å². The molecule has 25 heavy (non-hydrogen) atoms. The average Bonchev–Trinajstić information content (AvgIpc) is 2.91. The summed E-state index contributed by atoms with van der Waals surface area (Å²) in [6.45, 7) is 5.51. The van der Waals surface area contributed by atoms with Crippen molar-refractivity contribution in [1.82, 2.24) is 19.6 Å². The van der Waals surface area contributed by atoms with E-state index in [4.69, 9.17) is 0 Å². The van der Waals surface area contributed by atoms with Crippen molar-refractivity contribution in [3.8, 4) is 0 Å². The van der Waals surface area contributed by atoms with Gasteiger partial charge >= 0.3 is 0 Å². The lowest BCUT2D eigenvalue weighted by atomic mass is 10.1. The molecule has 0 spiro atoms. The number of carbonyl (C=O) groups is 1. The Morgan fingerprint density at radius 1 is 1.20 bits per heavy atom. The highest BCUT2D eigenvalue weighted by atomic mass is 19.1. The topological polar surface area (TPSA) is 72.2 Å². The summed E-state index contributed by atoms with van der Waals surface area (Å²) in [7, 11) is 0. The first kappa shape index (κ1) is 16.9. The van der Waals surface area contributed by atoms with Crippen LogP contribution in [0.25, 0.3) is 5.78 Å². The number of nitrogens with zero attached hydrogens (tertiary/aromatic N) is 4. The van der Waals surface area contributed by atoms with Crippen molar-refractivity contribution >= 4 is 17.4 Å². The Morgan fingerprint density at radius 3 is 2.72 bits per heavy atom. The van der Waals surface area contributed by atoms with Crippen molar-refractivity contribution in [1.29, 1.82) is 0 Å². The average molecular weight is 345 g/mol. The summed E-state index contributed by atoms with van der Waals surface area (Å²) in [4.78, 5) is 20.7. The van der Waals surface area contributed by atoms with Crippen LogP contribution in [0.3, 0.4) is 0 Å². The van der Waals surface area contributed by atoms with Crippen LogP contribution in [0, 0.1) is 32.4 Å². The first-order chi connectivity index (χ1) is 11.8. The lowest BCUT2D eigenvalue weighted by Crippen LogP contribution is -2.15. The van der Waals surface area contributed by atoms with E-state index in [0.29, 0.717) is 18.0 Å². The van der Waals surface area contributed by atoms with Gasteiger partial charge in [-0.2, -0.15) is 10.1 Å². The quantitative estimate of drug-likeness (QED) is 0.789. The Kier molecular flexibility index (Phi) is 4.43. The van der Waals surface area contributed by atoms with E-state index in [2.05, 4.69) is 20.4 Å². The maximum atomic E-state index is 13.6. The Morgan fingerprint density at radius 2 is 1.96 bits per heavy atom. The summed E-state index contributed by atoms with van der Waals surface area (Å²) >= 11 is 0. The fraction of sp³-hybridized carbons (Fsp3) is 0.294. The van der Waals surface area contributed by atoms with E-state index in [9.17, 15) is 13.6 Å². The zero-order valence-corrected chi connectivity index (χ0v) is 14.1. The second kappa shape index (κ2) is 6.54. The summed E-state index contributed by atoms with van der Waals surface area (Å²) < 4.78 is 28.4. The number of aromatic nitrogens is 4. The molecule has 3 aromatic rings. The minimum atomic E-state index is -0.678. The zero-order chi connectivity index (χ0) is 18.1. The van der Waals surface area contributed by atoms with Crippen LogP contribution in [0.1, 0.15) is 29.2 Å². The monoisotopic (exact) mass is 345 g/mol. The number of hydrogen-bond acceptors (Lipinski definition) is 4. The molecule has 0 aliphatic heterocycles. The van der Waals surface area contributed by atoms with Gasteiger partial charge in [-0.15, -0.1) is 0 Å². The van der Waals surface area contributed by atoms with Gasteiger partial charge in [-0.25, -0.2) is 18.3 Å². The number of halogens is 2. The van der Waals surface area contributed by atoms with Crippen LogP contribution < -0.4 is 5.32 Å². The maximum Gasteiger partial charge on any atom is 0.252 e. The first-order valence-electron chi connectivity index (χ1n) is 7.79. The zero-order valence-electron chi connectivity index (χ0n) is 14.1. The van der Waals surface area contributed by atoms with E-state index in [-0.39, 0.29) is 12.1 Å². The van der Waals surface area contributed by atoms with Crippen molar-refractivity contribution in [2.24, 2.45) is 0 Å². The number of rotatable bonds is 4. The molecular formula is C17H17F2N5O. The van der Waals surface area contributed by atoms with E-state index >= 15 is 0 Å². The van der Waals surface area contributed by atoms with Crippen LogP contribution in [0.2, 0.25) is 0 Å². The highest BCUT2D eigenvalue weighted by Crippen LogP contribution is 2.18. The SMILES string of the molecule is Cc1nc2nc(C)c(CCC(=O)Nc3cc(F)ccc3F)c(C)n2n1. The number of anilines is 1. The molecule has 2 aromatic heterocycles. The van der Waals surface area contributed by atoms with Gasteiger partial charge < -0.3 is 5.32 Å². The standard InChI is InChI=1S/C17H17F2N5O/c1-9-13(10(2)24-17(20-9)21-11(3)23-24)5-7-16(25)22-15-8-12(18)4-6-14(15)19/h4,6,8H,5,7H2,1-3H3,(H,22,25). The van der Waals surface area contributed by atoms with Gasteiger partial charge in [0.2, 0.25) is 5.91 Å². The van der Waals surface area contributed by atoms with E-state index in [0.717, 1.165) is 35.2 Å². The van der Waals surface area contributed by atoms with Crippen LogP contribution in [-0.2, 0) is 11.2 Å². The molecule has 1 aromatic carbocycles. The van der Waals surface area contributed by atoms with Gasteiger partial charge in [0.05, 0.1) is 5.69 Å². The van der Waals surface area contributed by atoms with Crippen LogP contribution >= 0.6 is 0 Å². The largest absolute Gasteiger partial charge is 0.324 e. The molecule has 6 nitrogen and oxygen atoms in total. The first-order valence-corrected chi connectivity index (χ1v) is 7.79. The van der Waals surface area contributed by atoms with Crippen molar-refractivity contribution in [2.45, 2.75) is 33.6 Å². The predicted octanol–water partition coefficient (Wildman–Crippen LogP) is 2.90. The molecule has 0 radical (unpaired) electrons. The number of nitrogens with one attached hydrogen (secondary N) is 1. The minimum absolute atomic E-state index is 0.110. The molecule has 3 rings (SSSR count). The van der Waals surface area contributed by atoms with Crippen molar-refractivity contribution < 1.29 is 13.6 Å². The van der Waals surface area contributed by atoms with Gasteiger partial charge in [0, 0.05) is 23.9 Å². The molecule has 0 bridgehead atoms. The number of aryl methyl sites for hydroxylation is 3. The molecule has 0 saturated heterocycles. The van der Waals surface area contributed by atoms with Crippen molar-refractivity contribution in [3.63, 3.8) is 0 Å². The maximum absolute atomic E-state index is 13.6. The number of hydrogen-bond donors (Lipinski definition) is 1. The molecule has 130 valence electrons. The lowest BCUT2D eigenvalue weighted by Gasteiger charge is -2.11. The number of fused-ring (bicyclic) bond motifs is 1. The molecule has 2 heterocycles. The van der Waals surface area contributed by atoms with Crippen molar-refractivity contribution in [3.05, 3.63) is 52.6 Å². The van der Waals surface area contributed by atoms with Gasteiger partial charge in [0.25, 0.3) is 5.78 Å². The third kappa shape index (κ3) is 3.47. The molecule has 8 heteroatoms. The highest BCUT2D eigenvalue weighted by molar-refractivity contribution is 5.91. The van der Waals surface area contributed by atoms with Gasteiger partial charge in [-0.05, 0) is 44.9 Å². The Balaban J connectivity index is 1.76. The fourth-order valence-electron chi connectivity index (χ4n) is 2.71. The molecule has 0 atom stereocenters. The second-order valence-corrected chi connectivity index (χ2v) is 5.80. The van der Waals surface area contributed by atoms with Gasteiger partial charge in [0.15, 0.2) is 0 Å². The third-order valence-corrected chi connectivity index (χ3v) is 3.96. The van der Waals surface area contributed by atoms with Crippen LogP contribution in [-0.4, -0.2) is 25.5 Å². The molecule has 1 N–H and O–H groups in total. The number of carbonyl (C=O) groups excluding carboxylic acids is 1. The van der Waals surface area contributed by atoms with Crippen LogP contribution in [0.15, 0.2) is 18.2 Å². The third-order valence-electron chi connectivity index (χ3n) is 3.96. The normalized spacial score (nSPS) is 11.1. The van der Waals surface area contributed by atoms with E-state index in [1.54, 1.807) is 11.4 Å². The summed E-state index contributed by atoms with van der Waals surface area (Å²) in [5.41, 5.74) is 2.33. The number of amides is 1. The van der Waals surface area contributed by atoms with E-state index in [1.165, 1.54) is 0 Å². The second-order valence-electron chi connectivity index (χ2n) is 5.80. The molecule has 1 amide bonds. The molecular weight excluding hydrogens is 328 g/mol. The molecule has 0 aliphatic carbocycles. The smallest absolute Gasteiger partial charge is 0.252 e.